The number of nitrogens with two attached hydrogens (primary N) is 1. The minimum Gasteiger partial charge on any atom is -0.323 e. The molecule has 80 valence electrons. The smallest absolute Gasteiger partial charge is 0.0389 e. The van der Waals surface area contributed by atoms with Crippen molar-refractivity contribution in [3.05, 3.63) is 21.9 Å². The number of thiophene rings is 1. The molecule has 0 spiro atoms. The summed E-state index contributed by atoms with van der Waals surface area (Å²) >= 11 is 1.83. The summed E-state index contributed by atoms with van der Waals surface area (Å²) in [7, 11) is 0. The summed E-state index contributed by atoms with van der Waals surface area (Å²) in [5.74, 6) is 0. The lowest BCUT2D eigenvalue weighted by molar-refractivity contribution is 0.571. The van der Waals surface area contributed by atoms with E-state index in [2.05, 4.69) is 26.0 Å². The van der Waals surface area contributed by atoms with Crippen LogP contribution in [0.2, 0.25) is 0 Å². The summed E-state index contributed by atoms with van der Waals surface area (Å²) in [5.41, 5.74) is 6.10. The molecule has 1 atom stereocenters. The largest absolute Gasteiger partial charge is 0.323 e. The van der Waals surface area contributed by atoms with Crippen LogP contribution in [0.1, 0.15) is 54.8 Å². The van der Waals surface area contributed by atoms with E-state index in [1.54, 1.807) is 0 Å². The van der Waals surface area contributed by atoms with Gasteiger partial charge >= 0.3 is 0 Å². The van der Waals surface area contributed by atoms with E-state index < -0.39 is 0 Å². The first-order valence-corrected chi connectivity index (χ1v) is 6.37. The fraction of sp³-hybridized carbons (Fsp3) is 0.667. The molecule has 14 heavy (non-hydrogen) atoms. The third-order valence-corrected chi connectivity index (χ3v) is 3.63. The van der Waals surface area contributed by atoms with E-state index >= 15 is 0 Å². The molecule has 2 N–H and O–H groups in total. The molecule has 1 rings (SSSR count). The topological polar surface area (TPSA) is 26.0 Å². The van der Waals surface area contributed by atoms with Gasteiger partial charge in [0.2, 0.25) is 0 Å². The maximum absolute atomic E-state index is 6.10. The molecular formula is C12H21NS. The monoisotopic (exact) mass is 211 g/mol. The van der Waals surface area contributed by atoms with Crippen LogP contribution in [0.25, 0.3) is 0 Å². The molecule has 0 bridgehead atoms. The van der Waals surface area contributed by atoms with Crippen molar-refractivity contribution in [1.29, 1.82) is 0 Å². The van der Waals surface area contributed by atoms with Crippen LogP contribution in [0.15, 0.2) is 12.1 Å². The molecule has 0 amide bonds. The minimum atomic E-state index is 0.269. The summed E-state index contributed by atoms with van der Waals surface area (Å²) < 4.78 is 0. The van der Waals surface area contributed by atoms with Crippen molar-refractivity contribution in [1.82, 2.24) is 0 Å². The van der Waals surface area contributed by atoms with Crippen LogP contribution >= 0.6 is 11.3 Å². The first-order valence-electron chi connectivity index (χ1n) is 5.56. The molecule has 0 saturated carbocycles. The molecule has 1 aromatic rings. The fourth-order valence-electron chi connectivity index (χ4n) is 1.59. The highest BCUT2D eigenvalue weighted by molar-refractivity contribution is 7.12. The Balaban J connectivity index is 2.25. The van der Waals surface area contributed by atoms with Gasteiger partial charge in [-0.25, -0.2) is 0 Å². The Morgan fingerprint density at radius 3 is 2.64 bits per heavy atom. The Morgan fingerprint density at radius 2 is 2.07 bits per heavy atom. The van der Waals surface area contributed by atoms with Gasteiger partial charge < -0.3 is 5.73 Å². The maximum atomic E-state index is 6.10. The molecule has 1 heterocycles. The molecule has 0 aliphatic rings. The molecule has 1 unspecified atom stereocenters. The number of hydrogen-bond donors (Lipinski definition) is 1. The summed E-state index contributed by atoms with van der Waals surface area (Å²) in [6.45, 7) is 4.38. The van der Waals surface area contributed by atoms with Gasteiger partial charge in [0, 0.05) is 15.8 Å². The Morgan fingerprint density at radius 1 is 1.29 bits per heavy atom. The summed E-state index contributed by atoms with van der Waals surface area (Å²) in [5, 5.41) is 0. The molecule has 2 heteroatoms. The Bertz CT molecular complexity index is 255. The molecule has 0 aromatic carbocycles. The van der Waals surface area contributed by atoms with Crippen LogP contribution in [0.3, 0.4) is 0 Å². The Hall–Kier alpha value is -0.340. The average Bonchev–Trinajstić information content (AvgIpc) is 2.59. The number of hydrogen-bond acceptors (Lipinski definition) is 2. The van der Waals surface area contributed by atoms with Gasteiger partial charge in [-0.05, 0) is 25.5 Å². The first-order chi connectivity index (χ1) is 6.74. The van der Waals surface area contributed by atoms with Gasteiger partial charge in [0.15, 0.2) is 0 Å². The third-order valence-electron chi connectivity index (χ3n) is 2.50. The molecule has 1 nitrogen and oxygen atoms in total. The van der Waals surface area contributed by atoms with E-state index in [1.807, 2.05) is 11.3 Å². The van der Waals surface area contributed by atoms with Crippen molar-refractivity contribution < 1.29 is 0 Å². The zero-order chi connectivity index (χ0) is 10.4. The second kappa shape index (κ2) is 6.20. The van der Waals surface area contributed by atoms with Crippen molar-refractivity contribution in [3.8, 4) is 0 Å². The van der Waals surface area contributed by atoms with E-state index in [0.29, 0.717) is 0 Å². The van der Waals surface area contributed by atoms with Crippen molar-refractivity contribution in [2.45, 2.75) is 52.0 Å². The minimum absolute atomic E-state index is 0.269. The average molecular weight is 211 g/mol. The maximum Gasteiger partial charge on any atom is 0.0389 e. The zero-order valence-corrected chi connectivity index (χ0v) is 10.1. The van der Waals surface area contributed by atoms with Crippen LogP contribution in [0.5, 0.6) is 0 Å². The molecular weight excluding hydrogens is 190 g/mol. The van der Waals surface area contributed by atoms with E-state index in [1.165, 1.54) is 35.4 Å². The highest BCUT2D eigenvalue weighted by atomic mass is 32.1. The number of rotatable bonds is 6. The fourth-order valence-corrected chi connectivity index (χ4v) is 2.50. The lowest BCUT2D eigenvalue weighted by Gasteiger charge is -2.08. The standard InChI is InChI=1S/C12H21NS/c1-3-4-5-6-7-11(13)12-9-8-10(2)14-12/h8-9,11H,3-7,13H2,1-2H3. The summed E-state index contributed by atoms with van der Waals surface area (Å²) in [4.78, 5) is 2.71. The van der Waals surface area contributed by atoms with Crippen molar-refractivity contribution in [2.24, 2.45) is 5.73 Å². The third kappa shape index (κ3) is 3.81. The molecule has 0 radical (unpaired) electrons. The number of aryl methyl sites for hydroxylation is 1. The van der Waals surface area contributed by atoms with Gasteiger partial charge in [-0.15, -0.1) is 11.3 Å². The molecule has 0 aliphatic carbocycles. The molecule has 0 saturated heterocycles. The van der Waals surface area contributed by atoms with Gasteiger partial charge in [-0.3, -0.25) is 0 Å². The van der Waals surface area contributed by atoms with E-state index in [4.69, 9.17) is 5.73 Å². The van der Waals surface area contributed by atoms with Gasteiger partial charge in [0.25, 0.3) is 0 Å². The van der Waals surface area contributed by atoms with Crippen LogP contribution in [0.4, 0.5) is 0 Å². The van der Waals surface area contributed by atoms with Crippen molar-refractivity contribution in [3.63, 3.8) is 0 Å². The highest BCUT2D eigenvalue weighted by Gasteiger charge is 2.07. The van der Waals surface area contributed by atoms with E-state index in [0.717, 1.165) is 6.42 Å². The molecule has 0 fully saturated rings. The van der Waals surface area contributed by atoms with E-state index in [-0.39, 0.29) is 6.04 Å². The molecule has 1 aromatic heterocycles. The van der Waals surface area contributed by atoms with Crippen LogP contribution < -0.4 is 5.73 Å². The van der Waals surface area contributed by atoms with Gasteiger partial charge in [-0.2, -0.15) is 0 Å². The van der Waals surface area contributed by atoms with Crippen LogP contribution in [-0.2, 0) is 0 Å². The lowest BCUT2D eigenvalue weighted by atomic mass is 10.1. The van der Waals surface area contributed by atoms with Gasteiger partial charge in [0.1, 0.15) is 0 Å². The summed E-state index contributed by atoms with van der Waals surface area (Å²) in [6.07, 6.45) is 6.38. The van der Waals surface area contributed by atoms with Crippen molar-refractivity contribution >= 4 is 11.3 Å². The SMILES string of the molecule is CCCCCCC(N)c1ccc(C)s1. The van der Waals surface area contributed by atoms with Crippen LogP contribution in [-0.4, -0.2) is 0 Å². The highest BCUT2D eigenvalue weighted by Crippen LogP contribution is 2.24. The van der Waals surface area contributed by atoms with Gasteiger partial charge in [0.05, 0.1) is 0 Å². The summed E-state index contributed by atoms with van der Waals surface area (Å²) in [6, 6.07) is 4.60. The van der Waals surface area contributed by atoms with Gasteiger partial charge in [-0.1, -0.05) is 32.6 Å². The Labute approximate surface area is 91.3 Å². The zero-order valence-electron chi connectivity index (χ0n) is 9.25. The quantitative estimate of drug-likeness (QED) is 0.706. The Kier molecular flexibility index (Phi) is 5.20. The predicted octanol–water partition coefficient (Wildman–Crippen LogP) is 4.03. The first kappa shape index (κ1) is 11.7. The normalized spacial score (nSPS) is 13.1. The predicted molar refractivity (Wildman–Crippen MR) is 64.7 cm³/mol. The molecule has 0 aliphatic heterocycles. The lowest BCUT2D eigenvalue weighted by Crippen LogP contribution is -2.07. The van der Waals surface area contributed by atoms with E-state index in [9.17, 15) is 0 Å². The number of unbranched alkanes of at least 4 members (excludes halogenated alkanes) is 3. The van der Waals surface area contributed by atoms with Crippen LogP contribution in [0, 0.1) is 6.92 Å². The van der Waals surface area contributed by atoms with Crippen molar-refractivity contribution in [2.75, 3.05) is 0 Å². The second-order valence-electron chi connectivity index (χ2n) is 3.90. The second-order valence-corrected chi connectivity index (χ2v) is 5.22.